The monoisotopic (exact) mass is 369 g/mol. The van der Waals surface area contributed by atoms with Crippen LogP contribution in [0.5, 0.6) is 0 Å². The van der Waals surface area contributed by atoms with E-state index in [2.05, 4.69) is 34.6 Å². The third-order valence-corrected chi connectivity index (χ3v) is 5.03. The molecule has 0 radical (unpaired) electrons. The highest BCUT2D eigenvalue weighted by atomic mass is 16.3. The molecule has 1 aliphatic heterocycles. The Morgan fingerprint density at radius 3 is 2.59 bits per heavy atom. The average Bonchev–Trinajstić information content (AvgIpc) is 3.22. The predicted octanol–water partition coefficient (Wildman–Crippen LogP) is 2.70. The van der Waals surface area contributed by atoms with Gasteiger partial charge in [0.05, 0.1) is 18.4 Å². The highest BCUT2D eigenvalue weighted by molar-refractivity contribution is 5.96. The van der Waals surface area contributed by atoms with Crippen molar-refractivity contribution in [3.8, 4) is 0 Å². The van der Waals surface area contributed by atoms with Gasteiger partial charge in [-0.2, -0.15) is 0 Å². The first-order chi connectivity index (χ1) is 13.1. The summed E-state index contributed by atoms with van der Waals surface area (Å²) >= 11 is 0. The van der Waals surface area contributed by atoms with Crippen LogP contribution in [0.1, 0.15) is 47.7 Å². The summed E-state index contributed by atoms with van der Waals surface area (Å²) in [4.78, 5) is 26.2. The summed E-state index contributed by atoms with van der Waals surface area (Å²) in [6.07, 6.45) is 6.66. The zero-order chi connectivity index (χ0) is 19.1. The van der Waals surface area contributed by atoms with Gasteiger partial charge in [-0.3, -0.25) is 14.5 Å². The minimum Gasteiger partial charge on any atom is -0.472 e. The van der Waals surface area contributed by atoms with E-state index in [1.165, 1.54) is 43.9 Å². The molecule has 144 valence electrons. The van der Waals surface area contributed by atoms with E-state index in [9.17, 15) is 9.59 Å². The Balaban J connectivity index is 1.40. The van der Waals surface area contributed by atoms with Crippen molar-refractivity contribution in [3.63, 3.8) is 0 Å². The quantitative estimate of drug-likeness (QED) is 0.787. The van der Waals surface area contributed by atoms with E-state index in [4.69, 9.17) is 4.42 Å². The maximum Gasteiger partial charge on any atom is 0.254 e. The van der Waals surface area contributed by atoms with Crippen molar-refractivity contribution >= 4 is 11.8 Å². The summed E-state index contributed by atoms with van der Waals surface area (Å²) in [6.45, 7) is 4.83. The standard InChI is InChI=1S/C21H27N3O3/c1-16-4-2-3-10-24(16)14-18-7-5-17(6-8-18)12-22-20(25)13-23-21(26)19-9-11-27-15-19/h5-9,11,15-16H,2-4,10,12-14H2,1H3,(H,22,25)(H,23,26). The van der Waals surface area contributed by atoms with Gasteiger partial charge in [-0.25, -0.2) is 0 Å². The summed E-state index contributed by atoms with van der Waals surface area (Å²) in [5.41, 5.74) is 2.74. The molecule has 0 aliphatic carbocycles. The highest BCUT2D eigenvalue weighted by Gasteiger charge is 2.18. The van der Waals surface area contributed by atoms with Gasteiger partial charge in [-0.15, -0.1) is 0 Å². The van der Waals surface area contributed by atoms with Crippen LogP contribution in [0.4, 0.5) is 0 Å². The summed E-state index contributed by atoms with van der Waals surface area (Å²) < 4.78 is 4.85. The molecule has 1 aromatic heterocycles. The number of hydrogen-bond acceptors (Lipinski definition) is 4. The van der Waals surface area contributed by atoms with Crippen molar-refractivity contribution in [2.75, 3.05) is 13.1 Å². The maximum absolute atomic E-state index is 11.9. The van der Waals surface area contributed by atoms with E-state index in [0.717, 1.165) is 12.1 Å². The molecular weight excluding hydrogens is 342 g/mol. The van der Waals surface area contributed by atoms with E-state index in [-0.39, 0.29) is 18.4 Å². The Labute approximate surface area is 159 Å². The van der Waals surface area contributed by atoms with Crippen LogP contribution in [-0.4, -0.2) is 35.8 Å². The van der Waals surface area contributed by atoms with Gasteiger partial charge >= 0.3 is 0 Å². The molecule has 3 rings (SSSR count). The number of furan rings is 1. The Bertz CT molecular complexity index is 741. The summed E-state index contributed by atoms with van der Waals surface area (Å²) in [5, 5.41) is 5.38. The molecule has 0 saturated carbocycles. The van der Waals surface area contributed by atoms with Crippen molar-refractivity contribution in [1.82, 2.24) is 15.5 Å². The van der Waals surface area contributed by atoms with Crippen molar-refractivity contribution in [3.05, 3.63) is 59.5 Å². The summed E-state index contributed by atoms with van der Waals surface area (Å²) in [7, 11) is 0. The zero-order valence-corrected chi connectivity index (χ0v) is 15.7. The van der Waals surface area contributed by atoms with Crippen molar-refractivity contribution in [2.45, 2.75) is 45.3 Å². The number of benzene rings is 1. The molecule has 2 aromatic rings. The van der Waals surface area contributed by atoms with Crippen LogP contribution in [0.15, 0.2) is 47.3 Å². The summed E-state index contributed by atoms with van der Waals surface area (Å²) in [6, 6.07) is 10.6. The topological polar surface area (TPSA) is 74.6 Å². The van der Waals surface area contributed by atoms with Gasteiger partial charge in [0.1, 0.15) is 6.26 Å². The Hall–Kier alpha value is -2.60. The van der Waals surface area contributed by atoms with E-state index in [1.54, 1.807) is 6.07 Å². The van der Waals surface area contributed by atoms with Crippen molar-refractivity contribution < 1.29 is 14.0 Å². The molecule has 2 amide bonds. The normalized spacial score (nSPS) is 17.4. The van der Waals surface area contributed by atoms with Gasteiger partial charge in [0, 0.05) is 19.1 Å². The molecule has 0 bridgehead atoms. The lowest BCUT2D eigenvalue weighted by atomic mass is 10.0. The molecule has 6 heteroatoms. The van der Waals surface area contributed by atoms with E-state index in [0.29, 0.717) is 18.2 Å². The summed E-state index contributed by atoms with van der Waals surface area (Å²) in [5.74, 6) is -0.548. The van der Waals surface area contributed by atoms with Crippen LogP contribution in [0, 0.1) is 0 Å². The molecule has 1 aliphatic rings. The van der Waals surface area contributed by atoms with Gasteiger partial charge < -0.3 is 15.1 Å². The van der Waals surface area contributed by atoms with Crippen molar-refractivity contribution in [1.29, 1.82) is 0 Å². The number of carbonyl (C=O) groups excluding carboxylic acids is 2. The van der Waals surface area contributed by atoms with E-state index < -0.39 is 0 Å². The number of rotatable bonds is 7. The van der Waals surface area contributed by atoms with Crippen LogP contribution in [0.25, 0.3) is 0 Å². The smallest absolute Gasteiger partial charge is 0.254 e. The molecule has 27 heavy (non-hydrogen) atoms. The van der Waals surface area contributed by atoms with Gasteiger partial charge in [-0.05, 0) is 43.5 Å². The lowest BCUT2D eigenvalue weighted by Gasteiger charge is -2.33. The Kier molecular flexibility index (Phi) is 6.65. The number of carbonyl (C=O) groups is 2. The molecule has 1 atom stereocenters. The maximum atomic E-state index is 11.9. The van der Waals surface area contributed by atoms with Crippen LogP contribution in [0.2, 0.25) is 0 Å². The molecule has 6 nitrogen and oxygen atoms in total. The van der Waals surface area contributed by atoms with Gasteiger partial charge in [-0.1, -0.05) is 30.7 Å². The van der Waals surface area contributed by atoms with E-state index >= 15 is 0 Å². The minimum atomic E-state index is -0.324. The lowest BCUT2D eigenvalue weighted by molar-refractivity contribution is -0.120. The number of nitrogens with zero attached hydrogens (tertiary/aromatic N) is 1. The molecular formula is C21H27N3O3. The number of nitrogens with one attached hydrogen (secondary N) is 2. The Morgan fingerprint density at radius 1 is 1.11 bits per heavy atom. The second-order valence-corrected chi connectivity index (χ2v) is 7.10. The molecule has 1 saturated heterocycles. The molecule has 0 spiro atoms. The molecule has 1 aromatic carbocycles. The molecule has 2 N–H and O–H groups in total. The highest BCUT2D eigenvalue weighted by Crippen LogP contribution is 2.19. The molecule has 2 heterocycles. The Morgan fingerprint density at radius 2 is 1.89 bits per heavy atom. The van der Waals surface area contributed by atoms with Gasteiger partial charge in [0.2, 0.25) is 5.91 Å². The number of amides is 2. The van der Waals surface area contributed by atoms with Gasteiger partial charge in [0.15, 0.2) is 0 Å². The third kappa shape index (κ3) is 5.69. The van der Waals surface area contributed by atoms with Gasteiger partial charge in [0.25, 0.3) is 5.91 Å². The minimum absolute atomic E-state index is 0.0606. The fourth-order valence-electron chi connectivity index (χ4n) is 3.31. The molecule has 1 fully saturated rings. The number of piperidine rings is 1. The van der Waals surface area contributed by atoms with Crippen molar-refractivity contribution in [2.24, 2.45) is 0 Å². The molecule has 1 unspecified atom stereocenters. The fraction of sp³-hybridized carbons (Fsp3) is 0.429. The van der Waals surface area contributed by atoms with Crippen LogP contribution in [-0.2, 0) is 17.9 Å². The van der Waals surface area contributed by atoms with Crippen LogP contribution < -0.4 is 10.6 Å². The fourth-order valence-corrected chi connectivity index (χ4v) is 3.31. The van der Waals surface area contributed by atoms with Crippen LogP contribution >= 0.6 is 0 Å². The number of hydrogen-bond donors (Lipinski definition) is 2. The third-order valence-electron chi connectivity index (χ3n) is 5.03. The average molecular weight is 369 g/mol. The first-order valence-electron chi connectivity index (χ1n) is 9.51. The predicted molar refractivity (Wildman–Crippen MR) is 103 cm³/mol. The second-order valence-electron chi connectivity index (χ2n) is 7.10. The zero-order valence-electron chi connectivity index (χ0n) is 15.7. The lowest BCUT2D eigenvalue weighted by Crippen LogP contribution is -2.36. The number of likely N-dealkylation sites (tertiary alicyclic amines) is 1. The van der Waals surface area contributed by atoms with Crippen LogP contribution in [0.3, 0.4) is 0 Å². The second kappa shape index (κ2) is 9.37. The first-order valence-corrected chi connectivity index (χ1v) is 9.51. The van der Waals surface area contributed by atoms with E-state index in [1.807, 2.05) is 12.1 Å². The SMILES string of the molecule is CC1CCCCN1Cc1ccc(CNC(=O)CNC(=O)c2ccoc2)cc1. The largest absolute Gasteiger partial charge is 0.472 e. The first kappa shape index (κ1) is 19.2.